The summed E-state index contributed by atoms with van der Waals surface area (Å²) in [4.78, 5) is 11.6. The summed E-state index contributed by atoms with van der Waals surface area (Å²) >= 11 is 0. The van der Waals surface area contributed by atoms with Gasteiger partial charge in [0.1, 0.15) is 11.5 Å². The van der Waals surface area contributed by atoms with Gasteiger partial charge in [-0.2, -0.15) is 9.82 Å². The number of sulfonamides is 1. The number of Topliss-reactive ketones (excluding diaryl/α,β-unsaturated/α-hetero) is 1. The summed E-state index contributed by atoms with van der Waals surface area (Å²) in [6.45, 7) is 3.56. The van der Waals surface area contributed by atoms with E-state index in [0.717, 1.165) is 16.8 Å². The van der Waals surface area contributed by atoms with Crippen LogP contribution in [-0.4, -0.2) is 20.1 Å². The van der Waals surface area contributed by atoms with Crippen molar-refractivity contribution in [2.45, 2.75) is 31.6 Å². The minimum atomic E-state index is -3.70. The maximum absolute atomic E-state index is 12.6. The summed E-state index contributed by atoms with van der Waals surface area (Å²) < 4.78 is 29.4. The van der Waals surface area contributed by atoms with Gasteiger partial charge in [-0.25, -0.2) is 0 Å². The first-order valence-electron chi connectivity index (χ1n) is 6.94. The van der Waals surface area contributed by atoms with E-state index >= 15 is 0 Å². The van der Waals surface area contributed by atoms with Crippen LogP contribution in [-0.2, 0) is 39.3 Å². The fourth-order valence-electron chi connectivity index (χ4n) is 2.71. The molecule has 0 amide bonds. The van der Waals surface area contributed by atoms with Crippen LogP contribution in [0.4, 0.5) is 5.69 Å². The first-order chi connectivity index (χ1) is 10.3. The zero-order chi connectivity index (χ0) is 16.1. The van der Waals surface area contributed by atoms with Gasteiger partial charge in [0.2, 0.25) is 0 Å². The number of anilines is 1. The zero-order valence-electron chi connectivity index (χ0n) is 12.7. The number of benzene rings is 1. The summed E-state index contributed by atoms with van der Waals surface area (Å²) in [5, 5.41) is 4.20. The maximum atomic E-state index is 12.6. The highest BCUT2D eigenvalue weighted by Gasteiger charge is 2.27. The summed E-state index contributed by atoms with van der Waals surface area (Å²) in [6.07, 6.45) is 0.702. The summed E-state index contributed by atoms with van der Waals surface area (Å²) in [5.74, 6) is 0.122. The Hall–Kier alpha value is -1.99. The van der Waals surface area contributed by atoms with E-state index in [-0.39, 0.29) is 10.7 Å². The topological polar surface area (TPSA) is 87.1 Å². The number of ketones is 1. The van der Waals surface area contributed by atoms with Gasteiger partial charge in [0.15, 0.2) is 15.3 Å². The minimum absolute atomic E-state index is 0.122. The van der Waals surface area contributed by atoms with E-state index in [0.29, 0.717) is 24.2 Å². The van der Waals surface area contributed by atoms with E-state index < -0.39 is 10.4 Å². The third kappa shape index (κ3) is 2.46. The van der Waals surface area contributed by atoms with E-state index in [1.807, 2.05) is 0 Å². The van der Waals surface area contributed by atoms with Gasteiger partial charge >= 0.3 is 0 Å². The van der Waals surface area contributed by atoms with Crippen molar-refractivity contribution in [3.05, 3.63) is 40.7 Å². The molecule has 0 bridgehead atoms. The molecule has 116 valence electrons. The molecule has 0 radical (unpaired) electrons. The Labute approximate surface area is 129 Å². The van der Waals surface area contributed by atoms with Crippen molar-refractivity contribution in [2.75, 3.05) is 4.72 Å². The van der Waals surface area contributed by atoms with E-state index in [4.69, 9.17) is 0 Å². The van der Waals surface area contributed by atoms with Crippen molar-refractivity contribution in [1.29, 1.82) is 0 Å². The Balaban J connectivity index is 1.95. The van der Waals surface area contributed by atoms with E-state index in [2.05, 4.69) is 9.82 Å². The second-order valence-corrected chi connectivity index (χ2v) is 7.28. The van der Waals surface area contributed by atoms with Crippen LogP contribution in [0.15, 0.2) is 23.1 Å². The Kier molecular flexibility index (Phi) is 3.41. The monoisotopic (exact) mass is 319 g/mol. The molecule has 1 atom stereocenters. The van der Waals surface area contributed by atoms with Crippen LogP contribution in [0, 0.1) is 13.8 Å². The molecular formula is C15H17N3O3S. The lowest BCUT2D eigenvalue weighted by molar-refractivity contribution is -0.117. The highest BCUT2D eigenvalue weighted by molar-refractivity contribution is 7.99. The fourth-order valence-corrected chi connectivity index (χ4v) is 3.94. The van der Waals surface area contributed by atoms with Crippen LogP contribution >= 0.6 is 0 Å². The summed E-state index contributed by atoms with van der Waals surface area (Å²) in [6, 6.07) is 4.85. The second kappa shape index (κ2) is 5.03. The van der Waals surface area contributed by atoms with E-state index in [1.165, 1.54) is 0 Å². The number of fused-ring (bicyclic) bond motifs is 1. The van der Waals surface area contributed by atoms with Gasteiger partial charge in [0, 0.05) is 19.9 Å². The van der Waals surface area contributed by atoms with E-state index in [9.17, 15) is 13.6 Å². The molecule has 0 aliphatic heterocycles. The number of carbonyl (C=O) groups is 1. The van der Waals surface area contributed by atoms with Crippen LogP contribution < -0.4 is 4.72 Å². The van der Waals surface area contributed by atoms with E-state index in [1.54, 1.807) is 43.8 Å². The Morgan fingerprint density at radius 1 is 1.27 bits per heavy atom. The molecule has 1 N–H and O–H groups in total. The standard InChI is InChI=1S/C15H17N3O3S/c1-9-15(10(2)18(3)16-9)17-22(20,21)14-5-4-11-6-13(19)7-12(11)8-14/h4-5,8H,6-7H2,1-3H3,(H-,17,20,21). The van der Waals surface area contributed by atoms with Gasteiger partial charge in [0.25, 0.3) is 0 Å². The smallest absolute Gasteiger partial charge is 0.180 e. The molecule has 1 aliphatic rings. The van der Waals surface area contributed by atoms with Crippen LogP contribution in [0.2, 0.25) is 0 Å². The largest absolute Gasteiger partial charge is 0.588 e. The number of aryl methyl sites for hydroxylation is 2. The number of carbonyl (C=O) groups excluding carboxylic acids is 1. The Morgan fingerprint density at radius 2 is 1.95 bits per heavy atom. The van der Waals surface area contributed by atoms with Crippen LogP contribution in [0.3, 0.4) is 0 Å². The van der Waals surface area contributed by atoms with Gasteiger partial charge in [-0.3, -0.25) is 9.48 Å². The quantitative estimate of drug-likeness (QED) is 0.873. The molecule has 22 heavy (non-hydrogen) atoms. The molecule has 3 rings (SSSR count). The molecule has 1 aromatic heterocycles. The van der Waals surface area contributed by atoms with Gasteiger partial charge in [0.05, 0.1) is 11.4 Å². The second-order valence-electron chi connectivity index (χ2n) is 5.60. The highest BCUT2D eigenvalue weighted by atomic mass is 32.3. The number of aromatic nitrogens is 2. The Bertz CT molecular complexity index is 826. The average Bonchev–Trinajstić information content (AvgIpc) is 2.92. The molecule has 7 heteroatoms. The normalized spacial score (nSPS) is 16.5. The number of nitrogens with zero attached hydrogens (tertiary/aromatic N) is 2. The summed E-state index contributed by atoms with van der Waals surface area (Å²) in [7, 11) is -1.93. The van der Waals surface area contributed by atoms with Crippen molar-refractivity contribution in [3.8, 4) is 0 Å². The molecule has 0 spiro atoms. The van der Waals surface area contributed by atoms with Gasteiger partial charge in [-0.1, -0.05) is 10.3 Å². The highest BCUT2D eigenvalue weighted by Crippen LogP contribution is 2.28. The molecule has 0 saturated carbocycles. The van der Waals surface area contributed by atoms with Gasteiger partial charge in [-0.15, -0.1) is 0 Å². The number of hydrogen-bond donors (Lipinski definition) is 1. The number of nitrogens with one attached hydrogen (secondary N) is 1. The predicted molar refractivity (Wildman–Crippen MR) is 82.3 cm³/mol. The predicted octanol–water partition coefficient (Wildman–Crippen LogP) is 1.72. The minimum Gasteiger partial charge on any atom is -0.588 e. The van der Waals surface area contributed by atoms with Gasteiger partial charge < -0.3 is 4.55 Å². The first-order valence-corrected chi connectivity index (χ1v) is 8.43. The zero-order valence-corrected chi connectivity index (χ0v) is 13.5. The lowest BCUT2D eigenvalue weighted by Crippen LogP contribution is -2.22. The maximum Gasteiger partial charge on any atom is 0.180 e. The lowest BCUT2D eigenvalue weighted by atomic mass is 10.1. The first kappa shape index (κ1) is 14.9. The molecule has 1 unspecified atom stereocenters. The third-order valence-electron chi connectivity index (χ3n) is 4.01. The van der Waals surface area contributed by atoms with Crippen LogP contribution in [0.5, 0.6) is 0 Å². The third-order valence-corrected chi connectivity index (χ3v) is 5.36. The lowest BCUT2D eigenvalue weighted by Gasteiger charge is -2.16. The molecular weight excluding hydrogens is 302 g/mol. The molecule has 0 saturated heterocycles. The molecule has 2 aromatic rings. The number of hydrogen-bond acceptors (Lipinski definition) is 4. The molecule has 1 aromatic carbocycles. The van der Waals surface area contributed by atoms with Crippen LogP contribution in [0.25, 0.3) is 0 Å². The Morgan fingerprint density at radius 3 is 2.59 bits per heavy atom. The van der Waals surface area contributed by atoms with Crippen molar-refractivity contribution in [1.82, 2.24) is 9.78 Å². The molecule has 1 aliphatic carbocycles. The van der Waals surface area contributed by atoms with Crippen LogP contribution in [0.1, 0.15) is 22.5 Å². The van der Waals surface area contributed by atoms with Crippen molar-refractivity contribution < 1.29 is 13.6 Å². The van der Waals surface area contributed by atoms with Crippen molar-refractivity contribution in [3.63, 3.8) is 0 Å². The summed E-state index contributed by atoms with van der Waals surface area (Å²) in [5.41, 5.74) is 3.58. The SMILES string of the molecule is Cc1nn(C)c(C)c1N[S+](=O)([O-])c1ccc2c(c1)CC(=O)C2. The number of rotatable bonds is 3. The van der Waals surface area contributed by atoms with Gasteiger partial charge in [-0.05, 0) is 37.1 Å². The van der Waals surface area contributed by atoms with Crippen molar-refractivity contribution >= 4 is 21.9 Å². The fraction of sp³-hybridized carbons (Fsp3) is 0.333. The molecule has 0 fully saturated rings. The average molecular weight is 319 g/mol. The molecule has 6 nitrogen and oxygen atoms in total. The van der Waals surface area contributed by atoms with Crippen molar-refractivity contribution in [2.24, 2.45) is 7.05 Å². The molecule has 1 heterocycles.